The molecule has 0 aliphatic carbocycles. The standard InChI is InChI=1S/C23H32N2O5S/c1-8-20(18-10-12-21(29-5)22(14-18)30-6)24-23(26)17(4)25(31(7,27)28)19-11-9-15(2)16(3)13-19/h9-14,17,20H,8H2,1-7H3,(H,24,26)/t17-,20+/m0/s1. The van der Waals surface area contributed by atoms with Crippen molar-refractivity contribution >= 4 is 21.6 Å². The van der Waals surface area contributed by atoms with Crippen LogP contribution in [-0.2, 0) is 14.8 Å². The van der Waals surface area contributed by atoms with Crippen molar-refractivity contribution in [3.8, 4) is 11.5 Å². The van der Waals surface area contributed by atoms with E-state index in [-0.39, 0.29) is 11.9 Å². The fraction of sp³-hybridized carbons (Fsp3) is 0.435. The van der Waals surface area contributed by atoms with Crippen LogP contribution in [0.5, 0.6) is 11.5 Å². The Hall–Kier alpha value is -2.74. The van der Waals surface area contributed by atoms with E-state index in [1.165, 1.54) is 0 Å². The van der Waals surface area contributed by atoms with Crippen molar-refractivity contribution in [1.82, 2.24) is 5.32 Å². The van der Waals surface area contributed by atoms with Gasteiger partial charge in [-0.3, -0.25) is 9.10 Å². The van der Waals surface area contributed by atoms with Crippen LogP contribution in [0.2, 0.25) is 0 Å². The minimum atomic E-state index is -3.68. The average Bonchev–Trinajstić information content (AvgIpc) is 2.72. The maximum Gasteiger partial charge on any atom is 0.244 e. The van der Waals surface area contributed by atoms with Crippen molar-refractivity contribution < 1.29 is 22.7 Å². The van der Waals surface area contributed by atoms with Crippen molar-refractivity contribution in [2.75, 3.05) is 24.8 Å². The summed E-state index contributed by atoms with van der Waals surface area (Å²) in [6, 6.07) is 9.58. The number of benzene rings is 2. The molecule has 2 atom stereocenters. The molecule has 0 aromatic heterocycles. The largest absolute Gasteiger partial charge is 0.493 e. The monoisotopic (exact) mass is 448 g/mol. The third-order valence-electron chi connectivity index (χ3n) is 5.37. The van der Waals surface area contributed by atoms with Gasteiger partial charge in [-0.05, 0) is 68.1 Å². The average molecular weight is 449 g/mol. The molecule has 0 bridgehead atoms. The lowest BCUT2D eigenvalue weighted by molar-refractivity contribution is -0.122. The predicted octanol–water partition coefficient (Wildman–Crippen LogP) is 3.74. The number of aryl methyl sites for hydroxylation is 2. The molecule has 0 aliphatic rings. The molecule has 0 heterocycles. The molecule has 0 fully saturated rings. The van der Waals surface area contributed by atoms with Crippen LogP contribution in [0.3, 0.4) is 0 Å². The van der Waals surface area contributed by atoms with E-state index >= 15 is 0 Å². The molecule has 1 amide bonds. The third-order valence-corrected chi connectivity index (χ3v) is 6.61. The number of anilines is 1. The number of nitrogens with zero attached hydrogens (tertiary/aromatic N) is 1. The third kappa shape index (κ3) is 5.70. The minimum absolute atomic E-state index is 0.309. The molecule has 8 heteroatoms. The molecule has 170 valence electrons. The lowest BCUT2D eigenvalue weighted by Crippen LogP contribution is -2.48. The summed E-state index contributed by atoms with van der Waals surface area (Å²) in [4.78, 5) is 13.1. The molecule has 2 aromatic rings. The molecule has 1 N–H and O–H groups in total. The van der Waals surface area contributed by atoms with E-state index in [1.54, 1.807) is 39.3 Å². The van der Waals surface area contributed by atoms with Gasteiger partial charge in [-0.15, -0.1) is 0 Å². The number of ether oxygens (including phenoxy) is 2. The molecule has 0 saturated heterocycles. The Bertz CT molecular complexity index is 1040. The van der Waals surface area contributed by atoms with Crippen molar-refractivity contribution in [3.63, 3.8) is 0 Å². The number of methoxy groups -OCH3 is 2. The van der Waals surface area contributed by atoms with Gasteiger partial charge in [-0.1, -0.05) is 19.1 Å². The van der Waals surface area contributed by atoms with Gasteiger partial charge < -0.3 is 14.8 Å². The number of nitrogens with one attached hydrogen (secondary N) is 1. The first-order valence-electron chi connectivity index (χ1n) is 10.1. The second-order valence-electron chi connectivity index (χ2n) is 7.59. The van der Waals surface area contributed by atoms with Gasteiger partial charge in [0, 0.05) is 0 Å². The number of rotatable bonds is 9. The highest BCUT2D eigenvalue weighted by Gasteiger charge is 2.30. The smallest absolute Gasteiger partial charge is 0.244 e. The highest BCUT2D eigenvalue weighted by atomic mass is 32.2. The van der Waals surface area contributed by atoms with Gasteiger partial charge in [0.2, 0.25) is 15.9 Å². The molecule has 0 spiro atoms. The SMILES string of the molecule is CC[C@@H](NC(=O)[C@H](C)N(c1ccc(C)c(C)c1)S(C)(=O)=O)c1ccc(OC)c(OC)c1. The summed E-state index contributed by atoms with van der Waals surface area (Å²) < 4.78 is 36.9. The maximum atomic E-state index is 13.1. The van der Waals surface area contributed by atoms with E-state index in [4.69, 9.17) is 9.47 Å². The summed E-state index contributed by atoms with van der Waals surface area (Å²) >= 11 is 0. The number of carbonyl (C=O) groups excluding carboxylic acids is 1. The Labute approximate surface area is 185 Å². The van der Waals surface area contributed by atoms with Gasteiger partial charge >= 0.3 is 0 Å². The van der Waals surface area contributed by atoms with Gasteiger partial charge in [-0.25, -0.2) is 8.42 Å². The Morgan fingerprint density at radius 3 is 2.19 bits per heavy atom. The Balaban J connectivity index is 2.33. The van der Waals surface area contributed by atoms with Crippen molar-refractivity contribution in [1.29, 1.82) is 0 Å². The Kier molecular flexibility index (Phi) is 7.95. The number of amides is 1. The van der Waals surface area contributed by atoms with E-state index in [9.17, 15) is 13.2 Å². The molecular formula is C23H32N2O5S. The summed E-state index contributed by atoms with van der Waals surface area (Å²) in [6.07, 6.45) is 1.73. The molecule has 0 saturated carbocycles. The van der Waals surface area contributed by atoms with Gasteiger partial charge in [0.05, 0.1) is 32.2 Å². The van der Waals surface area contributed by atoms with E-state index in [1.807, 2.05) is 39.0 Å². The number of hydrogen-bond acceptors (Lipinski definition) is 5. The van der Waals surface area contributed by atoms with Crippen molar-refractivity contribution in [3.05, 3.63) is 53.1 Å². The fourth-order valence-corrected chi connectivity index (χ4v) is 4.62. The van der Waals surface area contributed by atoms with E-state index in [0.29, 0.717) is 23.6 Å². The molecule has 7 nitrogen and oxygen atoms in total. The Morgan fingerprint density at radius 1 is 1.03 bits per heavy atom. The Morgan fingerprint density at radius 2 is 1.68 bits per heavy atom. The zero-order valence-corrected chi connectivity index (χ0v) is 20.0. The zero-order valence-electron chi connectivity index (χ0n) is 19.2. The van der Waals surface area contributed by atoms with Crippen LogP contribution in [0, 0.1) is 13.8 Å². The lowest BCUT2D eigenvalue weighted by atomic mass is 10.0. The quantitative estimate of drug-likeness (QED) is 0.632. The van der Waals surface area contributed by atoms with Gasteiger partial charge in [-0.2, -0.15) is 0 Å². The first-order chi connectivity index (χ1) is 14.5. The summed E-state index contributed by atoms with van der Waals surface area (Å²) in [5, 5.41) is 2.98. The highest BCUT2D eigenvalue weighted by molar-refractivity contribution is 7.92. The fourth-order valence-electron chi connectivity index (χ4n) is 3.45. The van der Waals surface area contributed by atoms with Gasteiger partial charge in [0.1, 0.15) is 6.04 Å². The van der Waals surface area contributed by atoms with Crippen molar-refractivity contribution in [2.45, 2.75) is 46.2 Å². The van der Waals surface area contributed by atoms with Crippen LogP contribution in [0.25, 0.3) is 0 Å². The van der Waals surface area contributed by atoms with Crippen LogP contribution in [0.4, 0.5) is 5.69 Å². The second-order valence-corrected chi connectivity index (χ2v) is 9.45. The predicted molar refractivity (Wildman–Crippen MR) is 123 cm³/mol. The van der Waals surface area contributed by atoms with Crippen LogP contribution >= 0.6 is 0 Å². The normalized spacial score (nSPS) is 13.3. The number of hydrogen-bond donors (Lipinski definition) is 1. The molecule has 0 radical (unpaired) electrons. The van der Waals surface area contributed by atoms with E-state index in [0.717, 1.165) is 27.3 Å². The lowest BCUT2D eigenvalue weighted by Gasteiger charge is -2.30. The van der Waals surface area contributed by atoms with E-state index in [2.05, 4.69) is 5.32 Å². The molecule has 2 aromatic carbocycles. The highest BCUT2D eigenvalue weighted by Crippen LogP contribution is 2.31. The zero-order chi connectivity index (χ0) is 23.3. The molecule has 0 aliphatic heterocycles. The topological polar surface area (TPSA) is 84.9 Å². The van der Waals surface area contributed by atoms with Crippen molar-refractivity contribution in [2.24, 2.45) is 0 Å². The van der Waals surface area contributed by atoms with Crippen LogP contribution < -0.4 is 19.1 Å². The molecule has 2 rings (SSSR count). The summed E-state index contributed by atoms with van der Waals surface area (Å²) in [5.74, 6) is 0.776. The summed E-state index contributed by atoms with van der Waals surface area (Å²) in [5.41, 5.74) is 3.31. The van der Waals surface area contributed by atoms with Gasteiger partial charge in [0.25, 0.3) is 0 Å². The van der Waals surface area contributed by atoms with Crippen LogP contribution in [0.15, 0.2) is 36.4 Å². The first kappa shape index (κ1) is 24.5. The van der Waals surface area contributed by atoms with E-state index < -0.39 is 16.1 Å². The van der Waals surface area contributed by atoms with Crippen LogP contribution in [-0.4, -0.2) is 40.8 Å². The number of sulfonamides is 1. The van der Waals surface area contributed by atoms with Gasteiger partial charge in [0.15, 0.2) is 11.5 Å². The van der Waals surface area contributed by atoms with Crippen LogP contribution in [0.1, 0.15) is 43.0 Å². The minimum Gasteiger partial charge on any atom is -0.493 e. The molecular weight excluding hydrogens is 416 g/mol. The molecule has 0 unspecified atom stereocenters. The summed E-state index contributed by atoms with van der Waals surface area (Å²) in [6.45, 7) is 7.40. The first-order valence-corrected chi connectivity index (χ1v) is 12.0. The number of carbonyl (C=O) groups is 1. The second kappa shape index (κ2) is 10.0. The summed E-state index contributed by atoms with van der Waals surface area (Å²) in [7, 11) is -0.570. The molecule has 31 heavy (non-hydrogen) atoms. The maximum absolute atomic E-state index is 13.1.